The van der Waals surface area contributed by atoms with Crippen LogP contribution in [0, 0.1) is 0 Å². The first-order chi connectivity index (χ1) is 8.22. The van der Waals surface area contributed by atoms with E-state index in [1.165, 1.54) is 37.7 Å². The maximum Gasteiger partial charge on any atom is 0.0912 e. The Hall–Kier alpha value is -0.570. The highest BCUT2D eigenvalue weighted by Gasteiger charge is 2.18. The standard InChI is InChI=1S/C14H20ClNO/c15-13-8-11(14(17)9-16)6-7-12(13)10-4-2-1-3-5-10/h6-8,10,14,17H,1-5,9,16H2. The van der Waals surface area contributed by atoms with E-state index in [1.807, 2.05) is 12.1 Å². The quantitative estimate of drug-likeness (QED) is 0.868. The third-order valence-corrected chi connectivity index (χ3v) is 4.00. The van der Waals surface area contributed by atoms with Crippen molar-refractivity contribution in [2.45, 2.75) is 44.1 Å². The molecular formula is C14H20ClNO. The van der Waals surface area contributed by atoms with Crippen LogP contribution >= 0.6 is 11.6 Å². The fourth-order valence-corrected chi connectivity index (χ4v) is 2.97. The van der Waals surface area contributed by atoms with Crippen LogP contribution in [0.25, 0.3) is 0 Å². The zero-order chi connectivity index (χ0) is 12.3. The molecule has 1 unspecified atom stereocenters. The Morgan fingerprint density at radius 2 is 2.00 bits per heavy atom. The summed E-state index contributed by atoms with van der Waals surface area (Å²) in [5, 5.41) is 10.5. The van der Waals surface area contributed by atoms with Gasteiger partial charge < -0.3 is 10.8 Å². The molecule has 1 aliphatic rings. The molecule has 0 radical (unpaired) electrons. The molecule has 0 aliphatic heterocycles. The topological polar surface area (TPSA) is 46.2 Å². The second kappa shape index (κ2) is 5.85. The van der Waals surface area contributed by atoms with Crippen molar-refractivity contribution in [1.29, 1.82) is 0 Å². The van der Waals surface area contributed by atoms with Gasteiger partial charge in [-0.15, -0.1) is 0 Å². The maximum absolute atomic E-state index is 9.67. The monoisotopic (exact) mass is 253 g/mol. The lowest BCUT2D eigenvalue weighted by molar-refractivity contribution is 0.186. The number of aliphatic hydroxyl groups excluding tert-OH is 1. The highest BCUT2D eigenvalue weighted by atomic mass is 35.5. The number of rotatable bonds is 3. The molecule has 1 atom stereocenters. The van der Waals surface area contributed by atoms with E-state index in [0.29, 0.717) is 5.92 Å². The minimum atomic E-state index is -0.604. The second-order valence-corrected chi connectivity index (χ2v) is 5.27. The zero-order valence-corrected chi connectivity index (χ0v) is 10.8. The highest BCUT2D eigenvalue weighted by Crippen LogP contribution is 2.37. The van der Waals surface area contributed by atoms with Crippen molar-refractivity contribution in [2.75, 3.05) is 6.54 Å². The van der Waals surface area contributed by atoms with Gasteiger partial charge in [0.15, 0.2) is 0 Å². The average molecular weight is 254 g/mol. The smallest absolute Gasteiger partial charge is 0.0912 e. The molecule has 0 aromatic heterocycles. The number of nitrogens with two attached hydrogens (primary N) is 1. The molecule has 0 spiro atoms. The van der Waals surface area contributed by atoms with E-state index in [9.17, 15) is 5.11 Å². The molecule has 17 heavy (non-hydrogen) atoms. The van der Waals surface area contributed by atoms with Crippen molar-refractivity contribution in [1.82, 2.24) is 0 Å². The molecular weight excluding hydrogens is 234 g/mol. The number of hydrogen-bond donors (Lipinski definition) is 2. The van der Waals surface area contributed by atoms with Crippen molar-refractivity contribution in [3.05, 3.63) is 34.3 Å². The molecule has 2 nitrogen and oxygen atoms in total. The van der Waals surface area contributed by atoms with Gasteiger partial charge in [0.2, 0.25) is 0 Å². The lowest BCUT2D eigenvalue weighted by atomic mass is 9.83. The highest BCUT2D eigenvalue weighted by molar-refractivity contribution is 6.31. The molecule has 2 rings (SSSR count). The zero-order valence-electron chi connectivity index (χ0n) is 10.0. The van der Waals surface area contributed by atoms with Crippen molar-refractivity contribution >= 4 is 11.6 Å². The number of benzene rings is 1. The summed E-state index contributed by atoms with van der Waals surface area (Å²) in [7, 11) is 0. The van der Waals surface area contributed by atoms with Crippen LogP contribution in [0.1, 0.15) is 55.3 Å². The van der Waals surface area contributed by atoms with Gasteiger partial charge in [0, 0.05) is 11.6 Å². The average Bonchev–Trinajstić information content (AvgIpc) is 2.38. The van der Waals surface area contributed by atoms with E-state index in [2.05, 4.69) is 6.07 Å². The normalized spacial score (nSPS) is 19.2. The summed E-state index contributed by atoms with van der Waals surface area (Å²) in [6.45, 7) is 0.235. The molecule has 3 N–H and O–H groups in total. The lowest BCUT2D eigenvalue weighted by Crippen LogP contribution is -2.12. The summed E-state index contributed by atoms with van der Waals surface area (Å²) >= 11 is 6.31. The van der Waals surface area contributed by atoms with Gasteiger partial charge in [-0.3, -0.25) is 0 Å². The van der Waals surface area contributed by atoms with Gasteiger partial charge in [-0.1, -0.05) is 43.0 Å². The van der Waals surface area contributed by atoms with Gasteiger partial charge in [0.1, 0.15) is 0 Å². The Morgan fingerprint density at radius 3 is 2.59 bits per heavy atom. The molecule has 0 heterocycles. The van der Waals surface area contributed by atoms with Crippen LogP contribution in [0.15, 0.2) is 18.2 Å². The number of halogens is 1. The first kappa shape index (κ1) is 12.9. The summed E-state index contributed by atoms with van der Waals surface area (Å²) in [4.78, 5) is 0. The van der Waals surface area contributed by atoms with Gasteiger partial charge in [0.25, 0.3) is 0 Å². The third kappa shape index (κ3) is 3.01. The lowest BCUT2D eigenvalue weighted by Gasteiger charge is -2.23. The number of hydrogen-bond acceptors (Lipinski definition) is 2. The fraction of sp³-hybridized carbons (Fsp3) is 0.571. The Labute approximate surface area is 108 Å². The Kier molecular flexibility index (Phi) is 4.43. The summed E-state index contributed by atoms with van der Waals surface area (Å²) in [5.74, 6) is 0.598. The van der Waals surface area contributed by atoms with E-state index in [1.54, 1.807) is 0 Å². The first-order valence-electron chi connectivity index (χ1n) is 6.40. The van der Waals surface area contributed by atoms with E-state index in [-0.39, 0.29) is 6.54 Å². The van der Waals surface area contributed by atoms with Gasteiger partial charge in [-0.2, -0.15) is 0 Å². The summed E-state index contributed by atoms with van der Waals surface area (Å²) in [6.07, 6.45) is 5.81. The van der Waals surface area contributed by atoms with Crippen molar-refractivity contribution in [2.24, 2.45) is 5.73 Å². The minimum Gasteiger partial charge on any atom is -0.387 e. The molecule has 0 saturated heterocycles. The van der Waals surface area contributed by atoms with E-state index >= 15 is 0 Å². The van der Waals surface area contributed by atoms with E-state index in [0.717, 1.165) is 10.6 Å². The summed E-state index contributed by atoms with van der Waals surface area (Å²) < 4.78 is 0. The van der Waals surface area contributed by atoms with Gasteiger partial charge in [0.05, 0.1) is 6.10 Å². The van der Waals surface area contributed by atoms with Crippen LogP contribution in [0.4, 0.5) is 0 Å². The number of aliphatic hydroxyl groups is 1. The van der Waals surface area contributed by atoms with Crippen LogP contribution in [0.2, 0.25) is 5.02 Å². The van der Waals surface area contributed by atoms with Crippen molar-refractivity contribution in [3.63, 3.8) is 0 Å². The predicted octanol–water partition coefficient (Wildman–Crippen LogP) is 3.38. The van der Waals surface area contributed by atoms with Crippen LogP contribution in [-0.2, 0) is 0 Å². The van der Waals surface area contributed by atoms with Gasteiger partial charge in [-0.25, -0.2) is 0 Å². The molecule has 0 bridgehead atoms. The van der Waals surface area contributed by atoms with Crippen molar-refractivity contribution in [3.8, 4) is 0 Å². The largest absolute Gasteiger partial charge is 0.387 e. The molecule has 94 valence electrons. The summed E-state index contributed by atoms with van der Waals surface area (Å²) in [5.41, 5.74) is 7.49. The van der Waals surface area contributed by atoms with Crippen molar-refractivity contribution < 1.29 is 5.11 Å². The Morgan fingerprint density at radius 1 is 1.29 bits per heavy atom. The molecule has 1 aromatic carbocycles. The molecule has 0 amide bonds. The van der Waals surface area contributed by atoms with Crippen LogP contribution in [0.5, 0.6) is 0 Å². The second-order valence-electron chi connectivity index (χ2n) is 4.87. The van der Waals surface area contributed by atoms with Crippen LogP contribution < -0.4 is 5.73 Å². The summed E-state index contributed by atoms with van der Waals surface area (Å²) in [6, 6.07) is 5.88. The molecule has 3 heteroatoms. The molecule has 1 saturated carbocycles. The first-order valence-corrected chi connectivity index (χ1v) is 6.77. The SMILES string of the molecule is NCC(O)c1ccc(C2CCCCC2)c(Cl)c1. The van der Waals surface area contributed by atoms with Crippen LogP contribution in [0.3, 0.4) is 0 Å². The maximum atomic E-state index is 9.67. The Balaban J connectivity index is 2.18. The van der Waals surface area contributed by atoms with E-state index < -0.39 is 6.10 Å². The van der Waals surface area contributed by atoms with Gasteiger partial charge in [-0.05, 0) is 36.0 Å². The molecule has 1 aromatic rings. The third-order valence-electron chi connectivity index (χ3n) is 3.68. The molecule has 1 fully saturated rings. The fourth-order valence-electron chi connectivity index (χ4n) is 2.63. The van der Waals surface area contributed by atoms with Crippen LogP contribution in [-0.4, -0.2) is 11.7 Å². The predicted molar refractivity (Wildman–Crippen MR) is 71.3 cm³/mol. The molecule has 1 aliphatic carbocycles. The van der Waals surface area contributed by atoms with E-state index in [4.69, 9.17) is 17.3 Å². The Bertz CT molecular complexity index is 374. The minimum absolute atomic E-state index is 0.235. The van der Waals surface area contributed by atoms with Gasteiger partial charge >= 0.3 is 0 Å².